The van der Waals surface area contributed by atoms with Gasteiger partial charge in [-0.15, -0.1) is 0 Å². The van der Waals surface area contributed by atoms with E-state index in [1.54, 1.807) is 0 Å². The second-order valence-electron chi connectivity index (χ2n) is 3.04. The van der Waals surface area contributed by atoms with E-state index in [4.69, 9.17) is 0 Å². The first-order valence-corrected chi connectivity index (χ1v) is 5.36. The smallest absolute Gasteiger partial charge is 0.227 e. The zero-order chi connectivity index (χ0) is 11.5. The highest BCUT2D eigenvalue weighted by molar-refractivity contribution is 7.72. The largest absolute Gasteiger partial charge is 0.389 e. The number of benzene rings is 1. The molecular formula is C9H9F3O2S. The fourth-order valence-corrected chi connectivity index (χ4v) is 1.46. The van der Waals surface area contributed by atoms with Crippen LogP contribution in [0.4, 0.5) is 13.2 Å². The summed E-state index contributed by atoms with van der Waals surface area (Å²) >= 11 is 0. The van der Waals surface area contributed by atoms with Crippen LogP contribution < -0.4 is 0 Å². The molecule has 0 N–H and O–H groups in total. The predicted octanol–water partition coefficient (Wildman–Crippen LogP) is 2.15. The Labute approximate surface area is 86.7 Å². The van der Waals surface area contributed by atoms with Gasteiger partial charge < -0.3 is 0 Å². The second kappa shape index (κ2) is 4.65. The highest BCUT2D eigenvalue weighted by Gasteiger charge is 2.26. The summed E-state index contributed by atoms with van der Waals surface area (Å²) in [5.74, 6) is 0. The summed E-state index contributed by atoms with van der Waals surface area (Å²) in [4.78, 5) is 0.112. The molecule has 0 radical (unpaired) electrons. The number of alkyl halides is 3. The highest BCUT2D eigenvalue weighted by Crippen LogP contribution is 2.22. The fourth-order valence-electron chi connectivity index (χ4n) is 1.07. The lowest BCUT2D eigenvalue weighted by molar-refractivity contribution is -0.133. The number of halogens is 3. The molecule has 0 aliphatic carbocycles. The first-order chi connectivity index (χ1) is 6.88. The van der Waals surface area contributed by atoms with E-state index in [2.05, 4.69) is 0 Å². The Kier molecular flexibility index (Phi) is 3.73. The molecule has 0 fully saturated rings. The van der Waals surface area contributed by atoms with Crippen molar-refractivity contribution in [2.45, 2.75) is 23.9 Å². The molecule has 0 bridgehead atoms. The molecule has 6 heteroatoms. The molecule has 0 spiro atoms. The molecule has 0 aliphatic rings. The van der Waals surface area contributed by atoms with E-state index in [1.165, 1.54) is 24.3 Å². The zero-order valence-electron chi connectivity index (χ0n) is 7.62. The van der Waals surface area contributed by atoms with E-state index >= 15 is 0 Å². The molecule has 84 valence electrons. The van der Waals surface area contributed by atoms with E-state index < -0.39 is 23.3 Å². The van der Waals surface area contributed by atoms with Crippen molar-refractivity contribution < 1.29 is 21.6 Å². The first-order valence-electron chi connectivity index (χ1n) is 4.18. The highest BCUT2D eigenvalue weighted by atomic mass is 32.2. The molecule has 1 aromatic carbocycles. The Morgan fingerprint density at radius 2 is 1.60 bits per heavy atom. The van der Waals surface area contributed by atoms with Crippen molar-refractivity contribution in [3.63, 3.8) is 0 Å². The predicted molar refractivity (Wildman–Crippen MR) is 49.4 cm³/mol. The number of rotatable bonds is 3. The minimum Gasteiger partial charge on any atom is -0.227 e. The van der Waals surface area contributed by atoms with E-state index in [1.807, 2.05) is 0 Å². The molecule has 0 heterocycles. The van der Waals surface area contributed by atoms with Crippen LogP contribution in [0.5, 0.6) is 0 Å². The Morgan fingerprint density at radius 1 is 1.07 bits per heavy atom. The quantitative estimate of drug-likeness (QED) is 0.819. The Balaban J connectivity index is 2.65. The average molecular weight is 238 g/mol. The van der Waals surface area contributed by atoms with Gasteiger partial charge in [-0.2, -0.15) is 13.2 Å². The molecule has 15 heavy (non-hydrogen) atoms. The van der Waals surface area contributed by atoms with Gasteiger partial charge >= 0.3 is 6.18 Å². The van der Waals surface area contributed by atoms with Crippen molar-refractivity contribution >= 4 is 10.7 Å². The fraction of sp³-hybridized carbons (Fsp3) is 0.333. The van der Waals surface area contributed by atoms with Crippen LogP contribution in [0.25, 0.3) is 0 Å². The van der Waals surface area contributed by atoms with Gasteiger partial charge in [0.1, 0.15) is 0 Å². The van der Waals surface area contributed by atoms with Gasteiger partial charge in [-0.25, -0.2) is 8.42 Å². The van der Waals surface area contributed by atoms with Crippen molar-refractivity contribution in [1.82, 2.24) is 0 Å². The molecular weight excluding hydrogens is 229 g/mol. The average Bonchev–Trinajstić information content (AvgIpc) is 2.14. The Morgan fingerprint density at radius 3 is 2.00 bits per heavy atom. The standard InChI is InChI=1S/C9H9F3O2S/c10-9(11,12)6-5-7-1-3-8(4-2-7)15(13)14/h1-4,15H,5-6H2. The van der Waals surface area contributed by atoms with Crippen LogP contribution in [0, 0.1) is 0 Å². The normalized spacial score (nSPS) is 12.0. The topological polar surface area (TPSA) is 34.1 Å². The van der Waals surface area contributed by atoms with Crippen molar-refractivity contribution in [2.75, 3.05) is 0 Å². The van der Waals surface area contributed by atoms with Crippen LogP contribution in [0.3, 0.4) is 0 Å². The van der Waals surface area contributed by atoms with Crippen LogP contribution in [0.2, 0.25) is 0 Å². The minimum absolute atomic E-state index is 0.112. The summed E-state index contributed by atoms with van der Waals surface area (Å²) in [6.45, 7) is 0. The van der Waals surface area contributed by atoms with E-state index in [9.17, 15) is 21.6 Å². The third kappa shape index (κ3) is 4.33. The molecule has 0 atom stereocenters. The lowest BCUT2D eigenvalue weighted by atomic mass is 10.1. The van der Waals surface area contributed by atoms with Crippen molar-refractivity contribution in [1.29, 1.82) is 0 Å². The Bertz CT molecular complexity index is 385. The van der Waals surface area contributed by atoms with Gasteiger partial charge in [0, 0.05) is 6.42 Å². The van der Waals surface area contributed by atoms with Crippen LogP contribution in [-0.4, -0.2) is 14.6 Å². The first kappa shape index (κ1) is 12.0. The Hall–Kier alpha value is -1.04. The third-order valence-electron chi connectivity index (χ3n) is 1.84. The minimum atomic E-state index is -4.18. The maximum Gasteiger partial charge on any atom is 0.389 e. The molecule has 0 amide bonds. The molecule has 0 aliphatic heterocycles. The summed E-state index contributed by atoms with van der Waals surface area (Å²) < 4.78 is 56.5. The van der Waals surface area contributed by atoms with Crippen LogP contribution in [0.15, 0.2) is 29.2 Å². The third-order valence-corrected chi connectivity index (χ3v) is 2.56. The number of hydrogen-bond acceptors (Lipinski definition) is 2. The lowest BCUT2D eigenvalue weighted by Crippen LogP contribution is -2.08. The summed E-state index contributed by atoms with van der Waals surface area (Å²) in [7, 11) is -2.66. The van der Waals surface area contributed by atoms with Gasteiger partial charge in [-0.3, -0.25) is 0 Å². The van der Waals surface area contributed by atoms with Gasteiger partial charge in [-0.05, 0) is 24.1 Å². The molecule has 0 saturated heterocycles. The monoisotopic (exact) mass is 238 g/mol. The van der Waals surface area contributed by atoms with Gasteiger partial charge in [0.2, 0.25) is 0 Å². The van der Waals surface area contributed by atoms with Gasteiger partial charge in [0.25, 0.3) is 0 Å². The van der Waals surface area contributed by atoms with Crippen LogP contribution >= 0.6 is 0 Å². The van der Waals surface area contributed by atoms with E-state index in [0.29, 0.717) is 5.56 Å². The maximum atomic E-state index is 11.9. The summed E-state index contributed by atoms with van der Waals surface area (Å²) in [6, 6.07) is 5.40. The van der Waals surface area contributed by atoms with Gasteiger partial charge in [0.05, 0.1) is 4.90 Å². The molecule has 0 aromatic heterocycles. The van der Waals surface area contributed by atoms with Gasteiger partial charge in [-0.1, -0.05) is 12.1 Å². The van der Waals surface area contributed by atoms with Crippen molar-refractivity contribution in [2.24, 2.45) is 0 Å². The second-order valence-corrected chi connectivity index (χ2v) is 4.07. The molecule has 0 unspecified atom stereocenters. The molecule has 1 rings (SSSR count). The molecule has 2 nitrogen and oxygen atoms in total. The number of aryl methyl sites for hydroxylation is 1. The maximum absolute atomic E-state index is 11.9. The SMILES string of the molecule is O=[SH](=O)c1ccc(CCC(F)(F)F)cc1. The lowest BCUT2D eigenvalue weighted by Gasteiger charge is -2.05. The number of hydrogen-bond donors (Lipinski definition) is 1. The van der Waals surface area contributed by atoms with Crippen LogP contribution in [-0.2, 0) is 17.1 Å². The van der Waals surface area contributed by atoms with Crippen molar-refractivity contribution in [3.05, 3.63) is 29.8 Å². The van der Waals surface area contributed by atoms with E-state index in [0.717, 1.165) is 0 Å². The van der Waals surface area contributed by atoms with E-state index in [-0.39, 0.29) is 11.3 Å². The zero-order valence-corrected chi connectivity index (χ0v) is 8.52. The van der Waals surface area contributed by atoms with Gasteiger partial charge in [0.15, 0.2) is 10.7 Å². The summed E-state index contributed by atoms with van der Waals surface area (Å²) in [6.07, 6.45) is -5.20. The molecule has 1 aromatic rings. The summed E-state index contributed by atoms with van der Waals surface area (Å²) in [5, 5.41) is 0. The van der Waals surface area contributed by atoms with Crippen LogP contribution in [0.1, 0.15) is 12.0 Å². The molecule has 0 saturated carbocycles. The summed E-state index contributed by atoms with van der Waals surface area (Å²) in [5.41, 5.74) is 0.480. The number of thiol groups is 1. The van der Waals surface area contributed by atoms with Crippen molar-refractivity contribution in [3.8, 4) is 0 Å².